The molecule has 1 aliphatic heterocycles. The van der Waals surface area contributed by atoms with Gasteiger partial charge in [0.25, 0.3) is 5.91 Å². The van der Waals surface area contributed by atoms with E-state index in [2.05, 4.69) is 6.08 Å². The summed E-state index contributed by atoms with van der Waals surface area (Å²) in [7, 11) is 0. The molecule has 3 nitrogen and oxygen atoms in total. The van der Waals surface area contributed by atoms with Gasteiger partial charge in [0.2, 0.25) is 0 Å². The van der Waals surface area contributed by atoms with Crippen molar-refractivity contribution < 1.29 is 9.90 Å². The second kappa shape index (κ2) is 5.08. The van der Waals surface area contributed by atoms with Crippen LogP contribution in [0.15, 0.2) is 29.8 Å². The molecule has 0 fully saturated rings. The number of phenolic OH excluding ortho intramolecular Hbond substituents is 1. The summed E-state index contributed by atoms with van der Waals surface area (Å²) in [6.45, 7) is 3.47. The van der Waals surface area contributed by atoms with Crippen molar-refractivity contribution in [2.75, 3.05) is 13.1 Å². The first-order chi connectivity index (χ1) is 8.08. The van der Waals surface area contributed by atoms with E-state index in [0.29, 0.717) is 12.1 Å². The van der Waals surface area contributed by atoms with Crippen molar-refractivity contribution in [1.82, 2.24) is 4.90 Å². The Kier molecular flexibility index (Phi) is 3.71. The number of carbonyl (C=O) groups excluding carboxylic acids is 1. The Bertz CT molecular complexity index is 482. The Morgan fingerprint density at radius 2 is 2.24 bits per heavy atom. The number of benzene rings is 1. The lowest BCUT2D eigenvalue weighted by Crippen LogP contribution is -2.35. The van der Waals surface area contributed by atoms with Crippen LogP contribution < -0.4 is 0 Å². The third kappa shape index (κ3) is 2.80. The van der Waals surface area contributed by atoms with Crippen LogP contribution in [0.3, 0.4) is 0 Å². The molecule has 1 aromatic carbocycles. The van der Waals surface area contributed by atoms with Gasteiger partial charge < -0.3 is 10.0 Å². The predicted octanol–water partition coefficient (Wildman–Crippen LogP) is 2.79. The Labute approximate surface area is 114 Å². The summed E-state index contributed by atoms with van der Waals surface area (Å²) >= 11 is 2.04. The quantitative estimate of drug-likeness (QED) is 0.629. The van der Waals surface area contributed by atoms with Gasteiger partial charge in [-0.1, -0.05) is 11.6 Å². The lowest BCUT2D eigenvalue weighted by molar-refractivity contribution is 0.0765. The number of nitrogens with zero attached hydrogens (tertiary/aromatic N) is 1. The highest BCUT2D eigenvalue weighted by Crippen LogP contribution is 2.22. The molecule has 0 saturated carbocycles. The maximum absolute atomic E-state index is 12.2. The zero-order valence-corrected chi connectivity index (χ0v) is 11.8. The average Bonchev–Trinajstić information content (AvgIpc) is 2.32. The lowest BCUT2D eigenvalue weighted by Gasteiger charge is -2.26. The van der Waals surface area contributed by atoms with E-state index in [9.17, 15) is 9.90 Å². The Morgan fingerprint density at radius 3 is 2.88 bits per heavy atom. The van der Waals surface area contributed by atoms with Crippen molar-refractivity contribution in [2.45, 2.75) is 13.3 Å². The molecule has 17 heavy (non-hydrogen) atoms. The van der Waals surface area contributed by atoms with Gasteiger partial charge in [-0.2, -0.15) is 0 Å². The number of rotatable bonds is 1. The molecule has 4 heteroatoms. The summed E-state index contributed by atoms with van der Waals surface area (Å²) in [6.07, 6.45) is 3.07. The molecular weight excluding hydrogens is 329 g/mol. The van der Waals surface area contributed by atoms with Crippen LogP contribution in [0.5, 0.6) is 5.75 Å². The van der Waals surface area contributed by atoms with Gasteiger partial charge in [0, 0.05) is 18.7 Å². The highest BCUT2D eigenvalue weighted by molar-refractivity contribution is 14.1. The monoisotopic (exact) mass is 343 g/mol. The number of aromatic hydroxyl groups is 1. The van der Waals surface area contributed by atoms with E-state index in [1.807, 2.05) is 34.4 Å². The van der Waals surface area contributed by atoms with Crippen LogP contribution in [-0.2, 0) is 0 Å². The van der Waals surface area contributed by atoms with E-state index in [1.165, 1.54) is 11.6 Å². The molecule has 1 amide bonds. The highest BCUT2D eigenvalue weighted by atomic mass is 127. The smallest absolute Gasteiger partial charge is 0.254 e. The number of halogens is 1. The molecule has 0 atom stereocenters. The molecule has 0 saturated heterocycles. The second-order valence-electron chi connectivity index (χ2n) is 4.23. The number of hydrogen-bond donors (Lipinski definition) is 1. The summed E-state index contributed by atoms with van der Waals surface area (Å²) < 4.78 is 0.758. The minimum Gasteiger partial charge on any atom is -0.507 e. The standard InChI is InChI=1S/C13H14INO2/c1-9-3-2-6-15(8-9)13(17)10-4-5-11(14)12(16)7-10/h3-5,7,16H,2,6,8H2,1H3. The molecule has 1 heterocycles. The molecule has 0 aromatic heterocycles. The van der Waals surface area contributed by atoms with Crippen molar-refractivity contribution in [3.05, 3.63) is 39.0 Å². The Morgan fingerprint density at radius 1 is 1.47 bits per heavy atom. The van der Waals surface area contributed by atoms with Crippen molar-refractivity contribution in [2.24, 2.45) is 0 Å². The first-order valence-corrected chi connectivity index (χ1v) is 6.59. The molecule has 0 spiro atoms. The molecule has 0 unspecified atom stereocenters. The largest absolute Gasteiger partial charge is 0.507 e. The molecule has 1 N–H and O–H groups in total. The third-order valence-corrected chi connectivity index (χ3v) is 3.72. The summed E-state index contributed by atoms with van der Waals surface area (Å²) in [4.78, 5) is 14.0. The first kappa shape index (κ1) is 12.4. The van der Waals surface area contributed by atoms with E-state index in [-0.39, 0.29) is 11.7 Å². The van der Waals surface area contributed by atoms with Gasteiger partial charge in [0.05, 0.1) is 3.57 Å². The van der Waals surface area contributed by atoms with Crippen LogP contribution in [0, 0.1) is 3.57 Å². The maximum atomic E-state index is 12.2. The number of amides is 1. The van der Waals surface area contributed by atoms with Crippen LogP contribution in [0.1, 0.15) is 23.7 Å². The summed E-state index contributed by atoms with van der Waals surface area (Å²) in [6, 6.07) is 5.06. The second-order valence-corrected chi connectivity index (χ2v) is 5.39. The van der Waals surface area contributed by atoms with E-state index in [4.69, 9.17) is 0 Å². The van der Waals surface area contributed by atoms with Gasteiger partial charge in [0.15, 0.2) is 0 Å². The molecular formula is C13H14INO2. The van der Waals surface area contributed by atoms with Crippen LogP contribution in [0.4, 0.5) is 0 Å². The van der Waals surface area contributed by atoms with Crippen LogP contribution >= 0.6 is 22.6 Å². The first-order valence-electron chi connectivity index (χ1n) is 5.51. The van der Waals surface area contributed by atoms with Crippen LogP contribution in [-0.4, -0.2) is 29.0 Å². The third-order valence-electron chi connectivity index (χ3n) is 2.81. The molecule has 1 aromatic rings. The maximum Gasteiger partial charge on any atom is 0.254 e. The molecule has 1 aliphatic rings. The van der Waals surface area contributed by atoms with Gasteiger partial charge in [-0.15, -0.1) is 0 Å². The fourth-order valence-corrected chi connectivity index (χ4v) is 2.25. The van der Waals surface area contributed by atoms with Crippen LogP contribution in [0.25, 0.3) is 0 Å². The normalized spacial score (nSPS) is 15.6. The SMILES string of the molecule is CC1=CCCN(C(=O)c2ccc(I)c(O)c2)C1. The molecule has 0 bridgehead atoms. The van der Waals surface area contributed by atoms with Gasteiger partial charge in [-0.3, -0.25) is 4.79 Å². The summed E-state index contributed by atoms with van der Waals surface area (Å²) in [5, 5.41) is 9.61. The number of carbonyl (C=O) groups is 1. The van der Waals surface area contributed by atoms with E-state index in [0.717, 1.165) is 16.5 Å². The predicted molar refractivity (Wildman–Crippen MR) is 75.1 cm³/mol. The fraction of sp³-hybridized carbons (Fsp3) is 0.308. The fourth-order valence-electron chi connectivity index (χ4n) is 1.91. The zero-order valence-electron chi connectivity index (χ0n) is 9.61. The molecule has 0 radical (unpaired) electrons. The van der Waals surface area contributed by atoms with Crippen LogP contribution in [0.2, 0.25) is 0 Å². The number of phenols is 1. The van der Waals surface area contributed by atoms with Gasteiger partial charge >= 0.3 is 0 Å². The summed E-state index contributed by atoms with van der Waals surface area (Å²) in [5.74, 6) is 0.157. The van der Waals surface area contributed by atoms with Crippen molar-refractivity contribution in [1.29, 1.82) is 0 Å². The van der Waals surface area contributed by atoms with E-state index >= 15 is 0 Å². The highest BCUT2D eigenvalue weighted by Gasteiger charge is 2.18. The minimum absolute atomic E-state index is 0.0100. The topological polar surface area (TPSA) is 40.5 Å². The minimum atomic E-state index is -0.0100. The number of hydrogen-bond acceptors (Lipinski definition) is 2. The van der Waals surface area contributed by atoms with Crippen molar-refractivity contribution >= 4 is 28.5 Å². The van der Waals surface area contributed by atoms with Gasteiger partial charge in [0.1, 0.15) is 5.75 Å². The molecule has 2 rings (SSSR count). The van der Waals surface area contributed by atoms with Gasteiger partial charge in [-0.05, 0) is 54.1 Å². The van der Waals surface area contributed by atoms with Crippen molar-refractivity contribution in [3.63, 3.8) is 0 Å². The van der Waals surface area contributed by atoms with E-state index < -0.39 is 0 Å². The lowest BCUT2D eigenvalue weighted by atomic mass is 10.1. The van der Waals surface area contributed by atoms with Gasteiger partial charge in [-0.25, -0.2) is 0 Å². The van der Waals surface area contributed by atoms with Crippen molar-refractivity contribution in [3.8, 4) is 5.75 Å². The van der Waals surface area contributed by atoms with E-state index in [1.54, 1.807) is 12.1 Å². The molecule has 0 aliphatic carbocycles. The Balaban J connectivity index is 2.19. The Hall–Kier alpha value is -1.04. The molecule has 90 valence electrons. The average molecular weight is 343 g/mol. The summed E-state index contributed by atoms with van der Waals surface area (Å²) in [5.41, 5.74) is 1.77. The zero-order chi connectivity index (χ0) is 12.4.